The molecule has 0 saturated heterocycles. The topological polar surface area (TPSA) is 49.9 Å². The Bertz CT molecular complexity index is 667. The summed E-state index contributed by atoms with van der Waals surface area (Å²) in [4.78, 5) is 15.7. The standard InChI is InChI=1S/C17H21NO2S/c1-12-7-8-13(17(2,3)4)10-16(12)21(20)11-15(19)14-6-5-9-18-14/h5-10,18H,11H2,1-4H3/t21-/m0/s1. The number of H-pyrrole nitrogens is 1. The average Bonchev–Trinajstić information content (AvgIpc) is 2.91. The van der Waals surface area contributed by atoms with Crippen LogP contribution in [0.4, 0.5) is 0 Å². The van der Waals surface area contributed by atoms with Gasteiger partial charge in [0.2, 0.25) is 0 Å². The van der Waals surface area contributed by atoms with Crippen molar-refractivity contribution in [3.05, 3.63) is 53.3 Å². The van der Waals surface area contributed by atoms with Crippen LogP contribution in [0.1, 0.15) is 42.4 Å². The first-order valence-corrected chi connectivity index (χ1v) is 8.27. The van der Waals surface area contributed by atoms with E-state index < -0.39 is 10.8 Å². The van der Waals surface area contributed by atoms with E-state index in [9.17, 15) is 9.00 Å². The molecular formula is C17H21NO2S. The van der Waals surface area contributed by atoms with Crippen LogP contribution in [-0.4, -0.2) is 20.7 Å². The molecule has 0 amide bonds. The lowest BCUT2D eigenvalue weighted by Gasteiger charge is -2.20. The summed E-state index contributed by atoms with van der Waals surface area (Å²) in [5, 5.41) is 0. The fourth-order valence-electron chi connectivity index (χ4n) is 2.09. The van der Waals surface area contributed by atoms with Crippen LogP contribution in [0.25, 0.3) is 0 Å². The van der Waals surface area contributed by atoms with Crippen LogP contribution in [-0.2, 0) is 16.2 Å². The van der Waals surface area contributed by atoms with Crippen molar-refractivity contribution in [3.63, 3.8) is 0 Å². The summed E-state index contributed by atoms with van der Waals surface area (Å²) in [6.45, 7) is 8.29. The first-order chi connectivity index (χ1) is 9.79. The number of rotatable bonds is 4. The van der Waals surface area contributed by atoms with Crippen LogP contribution in [0.5, 0.6) is 0 Å². The van der Waals surface area contributed by atoms with E-state index in [2.05, 4.69) is 31.8 Å². The lowest BCUT2D eigenvalue weighted by Crippen LogP contribution is -2.15. The molecule has 0 aliphatic rings. The zero-order valence-electron chi connectivity index (χ0n) is 12.9. The van der Waals surface area contributed by atoms with Crippen molar-refractivity contribution < 1.29 is 9.00 Å². The number of hydrogen-bond acceptors (Lipinski definition) is 2. The molecule has 0 aliphatic heterocycles. The van der Waals surface area contributed by atoms with Gasteiger partial charge >= 0.3 is 0 Å². The first-order valence-electron chi connectivity index (χ1n) is 6.95. The summed E-state index contributed by atoms with van der Waals surface area (Å²) < 4.78 is 12.5. The maximum Gasteiger partial charge on any atom is 0.191 e. The third-order valence-electron chi connectivity index (χ3n) is 3.46. The smallest absolute Gasteiger partial charge is 0.191 e. The SMILES string of the molecule is Cc1ccc(C(C)(C)C)cc1[S@@](=O)CC(=O)c1ccc[nH]1. The number of hydrogen-bond donors (Lipinski definition) is 1. The number of aromatic nitrogens is 1. The van der Waals surface area contributed by atoms with Gasteiger partial charge in [-0.3, -0.25) is 9.00 Å². The Hall–Kier alpha value is -1.68. The molecule has 1 aromatic heterocycles. The fourth-order valence-corrected chi connectivity index (χ4v) is 3.32. The van der Waals surface area contributed by atoms with Crippen LogP contribution in [0.3, 0.4) is 0 Å². The van der Waals surface area contributed by atoms with Crippen molar-refractivity contribution in [2.45, 2.75) is 38.0 Å². The molecule has 0 fully saturated rings. The van der Waals surface area contributed by atoms with Crippen LogP contribution in [0, 0.1) is 6.92 Å². The molecule has 2 rings (SSSR count). The van der Waals surface area contributed by atoms with E-state index in [0.29, 0.717) is 5.69 Å². The molecule has 0 aliphatic carbocycles. The molecule has 112 valence electrons. The average molecular weight is 303 g/mol. The monoisotopic (exact) mass is 303 g/mol. The predicted octanol–water partition coefficient (Wildman–Crippen LogP) is 3.61. The number of Topliss-reactive ketones (excluding diaryl/α,β-unsaturated/α-hetero) is 1. The third kappa shape index (κ3) is 3.70. The summed E-state index contributed by atoms with van der Waals surface area (Å²) in [7, 11) is -1.32. The summed E-state index contributed by atoms with van der Waals surface area (Å²) >= 11 is 0. The van der Waals surface area contributed by atoms with Gasteiger partial charge < -0.3 is 4.98 Å². The minimum Gasteiger partial charge on any atom is -0.359 e. The number of carbonyl (C=O) groups is 1. The normalized spacial score (nSPS) is 13.1. The number of ketones is 1. The number of aryl methyl sites for hydroxylation is 1. The molecule has 2 aromatic rings. The molecule has 0 radical (unpaired) electrons. The van der Waals surface area contributed by atoms with Gasteiger partial charge in [-0.1, -0.05) is 32.9 Å². The molecule has 3 nitrogen and oxygen atoms in total. The van der Waals surface area contributed by atoms with E-state index in [4.69, 9.17) is 0 Å². The van der Waals surface area contributed by atoms with E-state index in [0.717, 1.165) is 16.0 Å². The predicted molar refractivity (Wildman–Crippen MR) is 86.3 cm³/mol. The Kier molecular flexibility index (Phi) is 4.47. The van der Waals surface area contributed by atoms with Crippen molar-refractivity contribution in [2.75, 3.05) is 5.75 Å². The van der Waals surface area contributed by atoms with Crippen molar-refractivity contribution in [1.29, 1.82) is 0 Å². The lowest BCUT2D eigenvalue weighted by molar-refractivity contribution is 0.101. The molecule has 0 bridgehead atoms. The third-order valence-corrected chi connectivity index (χ3v) is 4.91. The minimum absolute atomic E-state index is 0.00385. The van der Waals surface area contributed by atoms with Gasteiger partial charge in [0.25, 0.3) is 0 Å². The highest BCUT2D eigenvalue weighted by Crippen LogP contribution is 2.26. The highest BCUT2D eigenvalue weighted by molar-refractivity contribution is 7.85. The molecule has 0 spiro atoms. The number of nitrogens with one attached hydrogen (secondary N) is 1. The summed E-state index contributed by atoms with van der Waals surface area (Å²) in [5.74, 6) is -0.117. The van der Waals surface area contributed by atoms with Crippen LogP contribution >= 0.6 is 0 Å². The number of aromatic amines is 1. The lowest BCUT2D eigenvalue weighted by atomic mass is 9.87. The Morgan fingerprint density at radius 3 is 2.52 bits per heavy atom. The van der Waals surface area contributed by atoms with Crippen molar-refractivity contribution in [1.82, 2.24) is 4.98 Å². The second-order valence-electron chi connectivity index (χ2n) is 6.23. The molecule has 0 unspecified atom stereocenters. The summed E-state index contributed by atoms with van der Waals surface area (Å²) in [5.41, 5.74) is 2.59. The van der Waals surface area contributed by atoms with Gasteiger partial charge in [0.15, 0.2) is 5.78 Å². The van der Waals surface area contributed by atoms with Gasteiger partial charge in [0.1, 0.15) is 0 Å². The zero-order chi connectivity index (χ0) is 15.6. The van der Waals surface area contributed by atoms with E-state index >= 15 is 0 Å². The number of carbonyl (C=O) groups excluding carboxylic acids is 1. The highest BCUT2D eigenvalue weighted by Gasteiger charge is 2.19. The van der Waals surface area contributed by atoms with E-state index in [1.807, 2.05) is 19.1 Å². The Morgan fingerprint density at radius 2 is 1.95 bits per heavy atom. The van der Waals surface area contributed by atoms with Crippen LogP contribution < -0.4 is 0 Å². The molecule has 21 heavy (non-hydrogen) atoms. The Morgan fingerprint density at radius 1 is 1.24 bits per heavy atom. The van der Waals surface area contributed by atoms with Crippen molar-refractivity contribution in [3.8, 4) is 0 Å². The minimum atomic E-state index is -1.32. The van der Waals surface area contributed by atoms with Crippen molar-refractivity contribution >= 4 is 16.6 Å². The maximum absolute atomic E-state index is 12.5. The van der Waals surface area contributed by atoms with Gasteiger partial charge in [-0.15, -0.1) is 0 Å². The van der Waals surface area contributed by atoms with Crippen LogP contribution in [0.2, 0.25) is 0 Å². The second kappa shape index (κ2) is 5.98. The van der Waals surface area contributed by atoms with Gasteiger partial charge in [0.05, 0.1) is 22.2 Å². The van der Waals surface area contributed by atoms with Gasteiger partial charge in [0, 0.05) is 11.1 Å². The molecular weight excluding hydrogens is 282 g/mol. The largest absolute Gasteiger partial charge is 0.359 e. The van der Waals surface area contributed by atoms with Gasteiger partial charge in [-0.05, 0) is 41.7 Å². The molecule has 1 atom stereocenters. The molecule has 1 N–H and O–H groups in total. The van der Waals surface area contributed by atoms with E-state index in [-0.39, 0.29) is 17.0 Å². The van der Waals surface area contributed by atoms with Gasteiger partial charge in [-0.25, -0.2) is 0 Å². The fraction of sp³-hybridized carbons (Fsp3) is 0.353. The summed E-state index contributed by atoms with van der Waals surface area (Å²) in [6.07, 6.45) is 1.70. The van der Waals surface area contributed by atoms with E-state index in [1.165, 1.54) is 0 Å². The zero-order valence-corrected chi connectivity index (χ0v) is 13.7. The Balaban J connectivity index is 2.25. The molecule has 1 aromatic carbocycles. The quantitative estimate of drug-likeness (QED) is 0.877. The first kappa shape index (κ1) is 15.7. The second-order valence-corrected chi connectivity index (χ2v) is 7.65. The van der Waals surface area contributed by atoms with Crippen molar-refractivity contribution in [2.24, 2.45) is 0 Å². The Labute approximate surface area is 128 Å². The van der Waals surface area contributed by atoms with E-state index in [1.54, 1.807) is 18.3 Å². The molecule has 4 heteroatoms. The summed E-state index contributed by atoms with van der Waals surface area (Å²) in [6, 6.07) is 9.47. The maximum atomic E-state index is 12.5. The van der Waals surface area contributed by atoms with Crippen LogP contribution in [0.15, 0.2) is 41.4 Å². The number of benzene rings is 1. The highest BCUT2D eigenvalue weighted by atomic mass is 32.2. The van der Waals surface area contributed by atoms with Gasteiger partial charge in [-0.2, -0.15) is 0 Å². The molecule has 0 saturated carbocycles. The molecule has 1 heterocycles.